The Kier molecular flexibility index (Phi) is 24.8. The van der Waals surface area contributed by atoms with Gasteiger partial charge in [-0.15, -0.1) is 0 Å². The molecule has 26 nitrogen and oxygen atoms in total. The van der Waals surface area contributed by atoms with Crippen LogP contribution >= 0.6 is 0 Å². The van der Waals surface area contributed by atoms with Gasteiger partial charge in [0.15, 0.2) is 31.5 Å². The summed E-state index contributed by atoms with van der Waals surface area (Å²) in [6.45, 7) is -3.76. The van der Waals surface area contributed by atoms with Gasteiger partial charge in [0.25, 0.3) is 0 Å². The summed E-state index contributed by atoms with van der Waals surface area (Å²) < 4.78 is 25.8. The maximum absolute atomic E-state index is 11.0. The van der Waals surface area contributed by atoms with Crippen molar-refractivity contribution >= 4 is 0 Å². The highest BCUT2D eigenvalue weighted by Crippen LogP contribution is 2.25. The topological polar surface area (TPSA) is 471 Å². The van der Waals surface area contributed by atoms with Gasteiger partial charge in [-0.1, -0.05) is 0 Å². The molecule has 0 aromatic carbocycles. The lowest BCUT2D eigenvalue weighted by molar-refractivity contribution is -0.305. The van der Waals surface area contributed by atoms with Gasteiger partial charge in [0.05, 0.1) is 37.6 Å². The summed E-state index contributed by atoms with van der Waals surface area (Å²) >= 11 is 0. The van der Waals surface area contributed by atoms with Crippen molar-refractivity contribution in [1.29, 1.82) is 0 Å². The minimum atomic E-state index is -2.61. The van der Waals surface area contributed by atoms with Gasteiger partial charge in [0, 0.05) is 19.8 Å². The number of ether oxygens (including phenoxy) is 5. The van der Waals surface area contributed by atoms with Crippen molar-refractivity contribution in [2.45, 2.75) is 155 Å². The van der Waals surface area contributed by atoms with Crippen molar-refractivity contribution in [1.82, 2.24) is 0 Å². The minimum absolute atomic E-state index is 0.465. The predicted molar refractivity (Wildman–Crippen MR) is 174 cm³/mol. The minimum Gasteiger partial charge on any atom is -0.396 e. The van der Waals surface area contributed by atoms with E-state index in [1.807, 2.05) is 0 Å². The Morgan fingerprint density at radius 1 is 0.429 bits per heavy atom. The predicted octanol–water partition coefficient (Wildman–Crippen LogP) is -12.0. The molecule has 1 fully saturated rings. The second-order valence-electron chi connectivity index (χ2n) is 13.0. The number of aliphatic hydroxyl groups excluding tert-OH is 20. The fourth-order valence-electron chi connectivity index (χ4n) is 5.37. The molecule has 0 amide bonds. The van der Waals surface area contributed by atoms with Gasteiger partial charge in [0.1, 0.15) is 73.2 Å². The summed E-state index contributed by atoms with van der Waals surface area (Å²) in [5.74, 6) is 0. The smallest absolute Gasteiger partial charge is 0.186 e. The molecule has 0 spiro atoms. The lowest BCUT2D eigenvalue weighted by atomic mass is 9.99. The van der Waals surface area contributed by atoms with Gasteiger partial charge in [-0.2, -0.15) is 0 Å². The maximum atomic E-state index is 11.0. The van der Waals surface area contributed by atoms with Crippen LogP contribution in [0.1, 0.15) is 25.7 Å². The highest BCUT2D eigenvalue weighted by molar-refractivity contribution is 4.90. The third-order valence-corrected chi connectivity index (χ3v) is 8.85. The number of hydrogen-bond donors (Lipinski definition) is 21. The molecule has 21 N–H and O–H groups in total. The van der Waals surface area contributed by atoms with E-state index in [0.717, 1.165) is 0 Å². The van der Waals surface area contributed by atoms with E-state index < -0.39 is 188 Å². The van der Waals surface area contributed by atoms with E-state index >= 15 is 0 Å². The Balaban J connectivity index is 3.19. The fourth-order valence-corrected chi connectivity index (χ4v) is 5.37. The van der Waals surface area contributed by atoms with Gasteiger partial charge >= 0.3 is 0 Å². The summed E-state index contributed by atoms with van der Waals surface area (Å²) in [6.07, 6.45) is -47.3. The fraction of sp³-hybridized carbons (Fsp3) is 1.00. The lowest BCUT2D eigenvalue weighted by Crippen LogP contribution is -2.59. The van der Waals surface area contributed by atoms with E-state index in [1.165, 1.54) is 0 Å². The van der Waals surface area contributed by atoms with E-state index in [0.29, 0.717) is 0 Å². The summed E-state index contributed by atoms with van der Waals surface area (Å²) in [5.41, 5.74) is 0. The summed E-state index contributed by atoms with van der Waals surface area (Å²) in [4.78, 5) is 0. The van der Waals surface area contributed by atoms with Crippen molar-refractivity contribution in [2.24, 2.45) is 0 Å². The van der Waals surface area contributed by atoms with Crippen LogP contribution in [0, 0.1) is 0 Å². The second kappa shape index (κ2) is 26.2. The SMILES string of the molecule is OCCC(O)C(O)C(O)C(O)OC(CCOC1OC(CO)C(O)C(O)[C@@H]1O)C(O)C(O)C(O)OC(CCO)C(O)C(O)C(O)OC(CCO)C(O)C(O)C(O)O. The van der Waals surface area contributed by atoms with Crippen LogP contribution in [-0.2, 0) is 23.7 Å². The molecule has 26 heteroatoms. The first-order chi connectivity index (χ1) is 26.2. The molecule has 0 aliphatic carbocycles. The van der Waals surface area contributed by atoms with Crippen molar-refractivity contribution in [3.63, 3.8) is 0 Å². The molecule has 1 rings (SSSR count). The van der Waals surface area contributed by atoms with Crippen LogP contribution in [0.25, 0.3) is 0 Å². The quantitative estimate of drug-likeness (QED) is 0.0311. The number of hydrogen-bond acceptors (Lipinski definition) is 26. The Morgan fingerprint density at radius 2 is 0.821 bits per heavy atom. The zero-order valence-electron chi connectivity index (χ0n) is 29.9. The molecule has 0 radical (unpaired) electrons. The zero-order valence-corrected chi connectivity index (χ0v) is 29.9. The summed E-state index contributed by atoms with van der Waals surface area (Å²) in [7, 11) is 0. The largest absolute Gasteiger partial charge is 0.396 e. The molecule has 0 aromatic rings. The first kappa shape index (κ1) is 53.0. The highest BCUT2D eigenvalue weighted by atomic mass is 16.7. The van der Waals surface area contributed by atoms with Crippen molar-refractivity contribution in [2.75, 3.05) is 33.0 Å². The molecule has 0 saturated carbocycles. The molecule has 20 atom stereocenters. The normalized spacial score (nSPS) is 28.9. The van der Waals surface area contributed by atoms with Crippen molar-refractivity contribution < 1.29 is 131 Å². The summed E-state index contributed by atoms with van der Waals surface area (Å²) in [6, 6.07) is 0. The maximum Gasteiger partial charge on any atom is 0.186 e. The third kappa shape index (κ3) is 15.5. The van der Waals surface area contributed by atoms with Crippen molar-refractivity contribution in [3.8, 4) is 0 Å². The average molecular weight is 837 g/mol. The molecule has 0 bridgehead atoms. The first-order valence-corrected chi connectivity index (χ1v) is 17.4. The molecule has 1 aliphatic rings. The van der Waals surface area contributed by atoms with E-state index in [2.05, 4.69) is 0 Å². The van der Waals surface area contributed by atoms with E-state index in [-0.39, 0.29) is 0 Å². The van der Waals surface area contributed by atoms with E-state index in [9.17, 15) is 91.9 Å². The standard InChI is InChI=1S/C30H60O26/c31-5-1-10(35)15(36)22(43)27(49)55-13(4-8-52-30-25(46)20(41)19(40)14(9-34)56-30)18(39)24(45)29(51)54-12(3-7-33)17(38)23(44)28(50)53-11(2-6-32)16(37)21(42)26(47)48/h10-51H,1-9H2/t10?,11?,12?,13?,14?,15?,16?,17?,18?,19?,20?,21?,22?,23?,24?,25-,27?,28?,29?,30?/m0/s1. The van der Waals surface area contributed by atoms with Crippen LogP contribution in [0.5, 0.6) is 0 Å². The molecule has 1 aliphatic heterocycles. The van der Waals surface area contributed by atoms with Crippen LogP contribution in [-0.4, -0.2) is 269 Å². The van der Waals surface area contributed by atoms with Gasteiger partial charge in [0.2, 0.25) is 0 Å². The van der Waals surface area contributed by atoms with Crippen LogP contribution in [0.15, 0.2) is 0 Å². The molecule has 0 aromatic heterocycles. The van der Waals surface area contributed by atoms with E-state index in [1.54, 1.807) is 0 Å². The molecule has 1 saturated heterocycles. The van der Waals surface area contributed by atoms with E-state index in [4.69, 9.17) is 39.0 Å². The number of rotatable bonds is 29. The Hall–Kier alpha value is -1.04. The molecular formula is C30H60O26. The second-order valence-corrected chi connectivity index (χ2v) is 13.0. The average Bonchev–Trinajstić information content (AvgIpc) is 3.17. The van der Waals surface area contributed by atoms with Crippen LogP contribution < -0.4 is 0 Å². The Morgan fingerprint density at radius 3 is 1.21 bits per heavy atom. The lowest BCUT2D eigenvalue weighted by Gasteiger charge is -2.40. The van der Waals surface area contributed by atoms with Crippen LogP contribution in [0.2, 0.25) is 0 Å². The van der Waals surface area contributed by atoms with Gasteiger partial charge in [-0.05, 0) is 25.7 Å². The zero-order chi connectivity index (χ0) is 43.0. The van der Waals surface area contributed by atoms with Crippen LogP contribution in [0.3, 0.4) is 0 Å². The Bertz CT molecular complexity index is 1020. The Labute approximate surface area is 319 Å². The van der Waals surface area contributed by atoms with Crippen LogP contribution in [0.4, 0.5) is 0 Å². The number of aliphatic hydroxyl groups is 21. The molecule has 336 valence electrons. The monoisotopic (exact) mass is 836 g/mol. The third-order valence-electron chi connectivity index (χ3n) is 8.85. The molecular weight excluding hydrogens is 776 g/mol. The molecule has 1 heterocycles. The van der Waals surface area contributed by atoms with Gasteiger partial charge in [-0.25, -0.2) is 0 Å². The summed E-state index contributed by atoms with van der Waals surface area (Å²) in [5, 5.41) is 210. The van der Waals surface area contributed by atoms with Gasteiger partial charge in [-0.3, -0.25) is 0 Å². The van der Waals surface area contributed by atoms with Crippen molar-refractivity contribution in [3.05, 3.63) is 0 Å². The first-order valence-electron chi connectivity index (χ1n) is 17.4. The molecule has 19 unspecified atom stereocenters. The van der Waals surface area contributed by atoms with Gasteiger partial charge < -0.3 is 131 Å². The molecule has 56 heavy (non-hydrogen) atoms. The highest BCUT2D eigenvalue weighted by Gasteiger charge is 2.45.